The second-order valence-electron chi connectivity index (χ2n) is 5.34. The Bertz CT molecular complexity index is 769. The SMILES string of the molecule is CCOC(=O)c1c(NC(=O)CSc2nncn2C)sc2c1CCC2. The number of esters is 1. The van der Waals surface area contributed by atoms with E-state index >= 15 is 0 Å². The molecule has 1 aliphatic carbocycles. The lowest BCUT2D eigenvalue weighted by atomic mass is 10.1. The van der Waals surface area contributed by atoms with Crippen LogP contribution in [0.1, 0.15) is 34.1 Å². The van der Waals surface area contributed by atoms with Gasteiger partial charge in [0.15, 0.2) is 5.16 Å². The Morgan fingerprint density at radius 3 is 3.00 bits per heavy atom. The molecule has 0 radical (unpaired) electrons. The molecule has 7 nitrogen and oxygen atoms in total. The van der Waals surface area contributed by atoms with E-state index in [4.69, 9.17) is 4.74 Å². The largest absolute Gasteiger partial charge is 0.462 e. The van der Waals surface area contributed by atoms with Crippen molar-refractivity contribution in [2.45, 2.75) is 31.3 Å². The van der Waals surface area contributed by atoms with Crippen molar-refractivity contribution in [1.82, 2.24) is 14.8 Å². The topological polar surface area (TPSA) is 86.1 Å². The van der Waals surface area contributed by atoms with Crippen LogP contribution in [0.15, 0.2) is 11.5 Å². The fourth-order valence-electron chi connectivity index (χ4n) is 2.61. The van der Waals surface area contributed by atoms with Gasteiger partial charge in [0.05, 0.1) is 17.9 Å². The summed E-state index contributed by atoms with van der Waals surface area (Å²) in [5.41, 5.74) is 1.57. The number of nitrogens with zero attached hydrogens (tertiary/aromatic N) is 3. The number of nitrogens with one attached hydrogen (secondary N) is 1. The Labute approximate surface area is 147 Å². The first-order valence-corrected chi connectivity index (χ1v) is 9.48. The van der Waals surface area contributed by atoms with Gasteiger partial charge in [0, 0.05) is 11.9 Å². The van der Waals surface area contributed by atoms with Crippen LogP contribution in [-0.2, 0) is 29.4 Å². The molecule has 0 unspecified atom stereocenters. The van der Waals surface area contributed by atoms with E-state index in [0.717, 1.165) is 24.8 Å². The van der Waals surface area contributed by atoms with Crippen molar-refractivity contribution in [2.75, 3.05) is 17.7 Å². The van der Waals surface area contributed by atoms with Gasteiger partial charge in [-0.1, -0.05) is 11.8 Å². The first kappa shape index (κ1) is 17.0. The van der Waals surface area contributed by atoms with Crippen LogP contribution in [0.2, 0.25) is 0 Å². The van der Waals surface area contributed by atoms with E-state index in [-0.39, 0.29) is 17.6 Å². The van der Waals surface area contributed by atoms with Crippen molar-refractivity contribution in [3.63, 3.8) is 0 Å². The van der Waals surface area contributed by atoms with Gasteiger partial charge in [-0.2, -0.15) is 0 Å². The summed E-state index contributed by atoms with van der Waals surface area (Å²) in [4.78, 5) is 25.7. The Kier molecular flexibility index (Phi) is 5.20. The van der Waals surface area contributed by atoms with Gasteiger partial charge in [-0.05, 0) is 31.7 Å². The van der Waals surface area contributed by atoms with Crippen LogP contribution >= 0.6 is 23.1 Å². The number of anilines is 1. The third kappa shape index (κ3) is 3.46. The molecule has 24 heavy (non-hydrogen) atoms. The standard InChI is InChI=1S/C15H18N4O3S2/c1-3-22-14(21)12-9-5-4-6-10(9)24-13(12)17-11(20)7-23-15-18-16-8-19(15)2/h8H,3-7H2,1-2H3,(H,17,20). The number of aromatic nitrogens is 3. The van der Waals surface area contributed by atoms with E-state index in [1.54, 1.807) is 17.8 Å². The zero-order valence-corrected chi connectivity index (χ0v) is 15.1. The van der Waals surface area contributed by atoms with Crippen LogP contribution in [0.5, 0.6) is 0 Å². The molecule has 0 atom stereocenters. The minimum atomic E-state index is -0.354. The van der Waals surface area contributed by atoms with Crippen LogP contribution in [0.4, 0.5) is 5.00 Å². The average Bonchev–Trinajstić information content (AvgIpc) is 3.21. The molecule has 128 valence electrons. The van der Waals surface area contributed by atoms with Gasteiger partial charge >= 0.3 is 5.97 Å². The van der Waals surface area contributed by atoms with Crippen molar-refractivity contribution in [1.29, 1.82) is 0 Å². The summed E-state index contributed by atoms with van der Waals surface area (Å²) in [6.45, 7) is 2.10. The summed E-state index contributed by atoms with van der Waals surface area (Å²) >= 11 is 2.78. The molecule has 1 amide bonds. The Balaban J connectivity index is 1.71. The van der Waals surface area contributed by atoms with Gasteiger partial charge in [-0.3, -0.25) is 4.79 Å². The molecule has 0 fully saturated rings. The maximum Gasteiger partial charge on any atom is 0.341 e. The number of hydrogen-bond acceptors (Lipinski definition) is 7. The summed E-state index contributed by atoms with van der Waals surface area (Å²) in [5, 5.41) is 11.8. The molecule has 0 aliphatic heterocycles. The number of carbonyl (C=O) groups is 2. The van der Waals surface area contributed by atoms with Gasteiger partial charge in [0.25, 0.3) is 0 Å². The van der Waals surface area contributed by atoms with Crippen molar-refractivity contribution < 1.29 is 14.3 Å². The molecule has 0 spiro atoms. The maximum absolute atomic E-state index is 12.3. The van der Waals surface area contributed by atoms with Crippen LogP contribution in [0.25, 0.3) is 0 Å². The van der Waals surface area contributed by atoms with Crippen LogP contribution < -0.4 is 5.32 Å². The van der Waals surface area contributed by atoms with E-state index in [2.05, 4.69) is 15.5 Å². The first-order chi connectivity index (χ1) is 11.6. The number of hydrogen-bond donors (Lipinski definition) is 1. The van der Waals surface area contributed by atoms with Gasteiger partial charge in [0.1, 0.15) is 11.3 Å². The molecule has 0 saturated carbocycles. The monoisotopic (exact) mass is 366 g/mol. The van der Waals surface area contributed by atoms with Crippen molar-refractivity contribution >= 4 is 40.0 Å². The lowest BCUT2D eigenvalue weighted by Gasteiger charge is -2.07. The molecule has 2 aromatic rings. The predicted molar refractivity (Wildman–Crippen MR) is 92.7 cm³/mol. The second kappa shape index (κ2) is 7.35. The number of fused-ring (bicyclic) bond motifs is 1. The molecule has 0 bridgehead atoms. The number of aryl methyl sites for hydroxylation is 2. The van der Waals surface area contributed by atoms with E-state index in [0.29, 0.717) is 22.3 Å². The fraction of sp³-hybridized carbons (Fsp3) is 0.467. The summed E-state index contributed by atoms with van der Waals surface area (Å²) in [5.74, 6) is -0.321. The first-order valence-electron chi connectivity index (χ1n) is 7.68. The van der Waals surface area contributed by atoms with E-state index in [9.17, 15) is 9.59 Å². The highest BCUT2D eigenvalue weighted by molar-refractivity contribution is 7.99. The van der Waals surface area contributed by atoms with Crippen LogP contribution in [-0.4, -0.2) is 39.0 Å². The number of ether oxygens (including phenoxy) is 1. The van der Waals surface area contributed by atoms with Gasteiger partial charge in [-0.25, -0.2) is 4.79 Å². The van der Waals surface area contributed by atoms with Gasteiger partial charge in [0.2, 0.25) is 5.91 Å². The molecule has 1 N–H and O–H groups in total. The molecule has 9 heteroatoms. The Morgan fingerprint density at radius 1 is 1.46 bits per heavy atom. The van der Waals surface area contributed by atoms with Crippen LogP contribution in [0.3, 0.4) is 0 Å². The number of amides is 1. The molecule has 0 saturated heterocycles. The molecule has 1 aliphatic rings. The molecule has 2 heterocycles. The van der Waals surface area contributed by atoms with E-state index < -0.39 is 0 Å². The van der Waals surface area contributed by atoms with Gasteiger partial charge in [-0.15, -0.1) is 21.5 Å². The number of thioether (sulfide) groups is 1. The van der Waals surface area contributed by atoms with Crippen molar-refractivity contribution in [3.8, 4) is 0 Å². The molecule has 3 rings (SSSR count). The maximum atomic E-state index is 12.3. The summed E-state index contributed by atoms with van der Waals surface area (Å²) in [6, 6.07) is 0. The summed E-state index contributed by atoms with van der Waals surface area (Å²) in [7, 11) is 1.82. The molecular formula is C15H18N4O3S2. The number of thiophene rings is 1. The lowest BCUT2D eigenvalue weighted by Crippen LogP contribution is -2.17. The zero-order valence-electron chi connectivity index (χ0n) is 13.5. The lowest BCUT2D eigenvalue weighted by molar-refractivity contribution is -0.113. The highest BCUT2D eigenvalue weighted by atomic mass is 32.2. The predicted octanol–water partition coefficient (Wildman–Crippen LogP) is 2.27. The van der Waals surface area contributed by atoms with E-state index in [1.165, 1.54) is 28.0 Å². The molecule has 2 aromatic heterocycles. The van der Waals surface area contributed by atoms with Crippen molar-refractivity contribution in [3.05, 3.63) is 22.3 Å². The highest BCUT2D eigenvalue weighted by Gasteiger charge is 2.28. The highest BCUT2D eigenvalue weighted by Crippen LogP contribution is 2.39. The summed E-state index contributed by atoms with van der Waals surface area (Å²) < 4.78 is 6.91. The minimum Gasteiger partial charge on any atom is -0.462 e. The summed E-state index contributed by atoms with van der Waals surface area (Å²) in [6.07, 6.45) is 4.45. The Morgan fingerprint density at radius 2 is 2.29 bits per heavy atom. The molecular weight excluding hydrogens is 348 g/mol. The second-order valence-corrected chi connectivity index (χ2v) is 7.39. The zero-order chi connectivity index (χ0) is 17.1. The molecule has 0 aromatic carbocycles. The fourth-order valence-corrected chi connectivity index (χ4v) is 4.59. The number of rotatable bonds is 6. The normalized spacial score (nSPS) is 12.9. The minimum absolute atomic E-state index is 0.173. The Hall–Kier alpha value is -1.87. The number of carbonyl (C=O) groups excluding carboxylic acids is 2. The van der Waals surface area contributed by atoms with E-state index in [1.807, 2.05) is 7.05 Å². The third-order valence-corrected chi connectivity index (χ3v) is 5.90. The third-order valence-electron chi connectivity index (χ3n) is 3.66. The quantitative estimate of drug-likeness (QED) is 0.623. The van der Waals surface area contributed by atoms with Gasteiger partial charge < -0.3 is 14.6 Å². The van der Waals surface area contributed by atoms with Crippen LogP contribution in [0, 0.1) is 0 Å². The van der Waals surface area contributed by atoms with Crippen molar-refractivity contribution in [2.24, 2.45) is 7.05 Å². The average molecular weight is 366 g/mol. The smallest absolute Gasteiger partial charge is 0.341 e.